The van der Waals surface area contributed by atoms with Crippen LogP contribution in [0.4, 0.5) is 5.82 Å². The van der Waals surface area contributed by atoms with Crippen molar-refractivity contribution in [3.05, 3.63) is 12.3 Å². The van der Waals surface area contributed by atoms with E-state index >= 15 is 0 Å². The van der Waals surface area contributed by atoms with Gasteiger partial charge in [0.2, 0.25) is 5.91 Å². The molecular formula is C7H12N4O. The summed E-state index contributed by atoms with van der Waals surface area (Å²) < 4.78 is 1.24. The Balaban J connectivity index is 2.53. The molecule has 0 amide bonds. The van der Waals surface area contributed by atoms with Gasteiger partial charge in [0.15, 0.2) is 0 Å². The van der Waals surface area contributed by atoms with Crippen molar-refractivity contribution in [3.8, 4) is 0 Å². The minimum Gasteiger partial charge on any atom is -0.382 e. The molecule has 0 saturated heterocycles. The lowest BCUT2D eigenvalue weighted by Crippen LogP contribution is -2.13. The number of nitrogens with zero attached hydrogens (tertiary/aromatic N) is 2. The summed E-state index contributed by atoms with van der Waals surface area (Å²) >= 11 is 0. The Kier molecular flexibility index (Phi) is 2.82. The van der Waals surface area contributed by atoms with Gasteiger partial charge in [-0.2, -0.15) is 0 Å². The van der Waals surface area contributed by atoms with Crippen molar-refractivity contribution in [1.82, 2.24) is 9.78 Å². The molecule has 0 aliphatic heterocycles. The first-order valence-corrected chi connectivity index (χ1v) is 3.78. The highest BCUT2D eigenvalue weighted by Gasteiger charge is 2.04. The number of hydrogen-bond acceptors (Lipinski definition) is 4. The number of rotatable bonds is 3. The Morgan fingerprint density at radius 1 is 1.67 bits per heavy atom. The van der Waals surface area contributed by atoms with Crippen LogP contribution >= 0.6 is 0 Å². The highest BCUT2D eigenvalue weighted by Crippen LogP contribution is 1.98. The molecule has 0 spiro atoms. The Bertz CT molecular complexity index is 268. The van der Waals surface area contributed by atoms with Crippen molar-refractivity contribution in [2.45, 2.75) is 12.8 Å². The van der Waals surface area contributed by atoms with Crippen LogP contribution < -0.4 is 11.5 Å². The minimum absolute atomic E-state index is 0.0721. The summed E-state index contributed by atoms with van der Waals surface area (Å²) in [7, 11) is 0. The van der Waals surface area contributed by atoms with E-state index in [9.17, 15) is 4.79 Å². The summed E-state index contributed by atoms with van der Waals surface area (Å²) in [6.45, 7) is 0.516. The van der Waals surface area contributed by atoms with Crippen molar-refractivity contribution in [3.63, 3.8) is 0 Å². The normalized spacial score (nSPS) is 10.1. The third kappa shape index (κ3) is 2.06. The Morgan fingerprint density at radius 2 is 2.42 bits per heavy atom. The molecule has 0 fully saturated rings. The van der Waals surface area contributed by atoms with Gasteiger partial charge < -0.3 is 11.5 Å². The second kappa shape index (κ2) is 3.87. The lowest BCUT2D eigenvalue weighted by atomic mass is 10.3. The number of carbonyl (C=O) groups is 1. The lowest BCUT2D eigenvalue weighted by molar-refractivity contribution is 0.0885. The molecule has 0 aliphatic rings. The second-order valence-corrected chi connectivity index (χ2v) is 2.47. The fourth-order valence-corrected chi connectivity index (χ4v) is 0.845. The van der Waals surface area contributed by atoms with E-state index in [1.807, 2.05) is 0 Å². The molecule has 4 N–H and O–H groups in total. The average Bonchev–Trinajstić information content (AvgIpc) is 2.47. The van der Waals surface area contributed by atoms with Gasteiger partial charge >= 0.3 is 0 Å². The molecule has 1 rings (SSSR count). The van der Waals surface area contributed by atoms with Gasteiger partial charge in [0.05, 0.1) is 0 Å². The van der Waals surface area contributed by atoms with E-state index in [2.05, 4.69) is 5.10 Å². The van der Waals surface area contributed by atoms with Crippen molar-refractivity contribution in [2.75, 3.05) is 12.3 Å². The van der Waals surface area contributed by atoms with Crippen molar-refractivity contribution < 1.29 is 4.79 Å². The summed E-state index contributed by atoms with van der Waals surface area (Å²) in [5, 5.41) is 3.77. The first kappa shape index (κ1) is 8.73. The van der Waals surface area contributed by atoms with E-state index in [-0.39, 0.29) is 5.91 Å². The summed E-state index contributed by atoms with van der Waals surface area (Å²) in [6, 6.07) is 1.58. The van der Waals surface area contributed by atoms with Crippen molar-refractivity contribution >= 4 is 11.7 Å². The van der Waals surface area contributed by atoms with Crippen LogP contribution in [0.5, 0.6) is 0 Å². The molecule has 0 aliphatic carbocycles. The van der Waals surface area contributed by atoms with E-state index in [1.54, 1.807) is 12.3 Å². The number of anilines is 1. The Morgan fingerprint density at radius 3 is 2.92 bits per heavy atom. The number of aromatic nitrogens is 2. The number of nitrogens with two attached hydrogens (primary N) is 2. The maximum absolute atomic E-state index is 11.2. The molecule has 1 aromatic rings. The standard InChI is InChI=1S/C7H12N4O/c8-4-1-2-7(12)11-5-3-6(9)10-11/h3,5H,1-2,4,8H2,(H2,9,10). The van der Waals surface area contributed by atoms with Gasteiger partial charge in [0, 0.05) is 18.7 Å². The molecule has 1 heterocycles. The zero-order chi connectivity index (χ0) is 8.97. The molecule has 12 heavy (non-hydrogen) atoms. The van der Waals surface area contributed by atoms with E-state index in [0.717, 1.165) is 0 Å². The Labute approximate surface area is 70.3 Å². The van der Waals surface area contributed by atoms with Crippen molar-refractivity contribution in [1.29, 1.82) is 0 Å². The molecule has 0 aromatic carbocycles. The van der Waals surface area contributed by atoms with Crippen LogP contribution in [-0.2, 0) is 0 Å². The predicted octanol–water partition coefficient (Wildman–Crippen LogP) is -0.156. The minimum atomic E-state index is -0.0721. The van der Waals surface area contributed by atoms with Crippen LogP contribution in [0.3, 0.4) is 0 Å². The number of nitrogen functional groups attached to an aromatic ring is 1. The Hall–Kier alpha value is -1.36. The van der Waals surface area contributed by atoms with Crippen LogP contribution in [0, 0.1) is 0 Å². The SMILES string of the molecule is NCCCC(=O)n1ccc(N)n1. The maximum atomic E-state index is 11.2. The molecule has 0 radical (unpaired) electrons. The largest absolute Gasteiger partial charge is 0.382 e. The van der Waals surface area contributed by atoms with Crippen LogP contribution in [0.2, 0.25) is 0 Å². The molecule has 0 unspecified atom stereocenters. The van der Waals surface area contributed by atoms with Crippen LogP contribution in [-0.4, -0.2) is 22.2 Å². The highest BCUT2D eigenvalue weighted by molar-refractivity contribution is 5.78. The third-order valence-electron chi connectivity index (χ3n) is 1.46. The average molecular weight is 168 g/mol. The van der Waals surface area contributed by atoms with Gasteiger partial charge in [0.1, 0.15) is 5.82 Å². The molecule has 5 nitrogen and oxygen atoms in total. The second-order valence-electron chi connectivity index (χ2n) is 2.47. The van der Waals surface area contributed by atoms with Crippen LogP contribution in [0.25, 0.3) is 0 Å². The molecule has 1 aromatic heterocycles. The summed E-state index contributed by atoms with van der Waals surface area (Å²) in [5.41, 5.74) is 10.6. The van der Waals surface area contributed by atoms with Gasteiger partial charge in [-0.1, -0.05) is 0 Å². The highest BCUT2D eigenvalue weighted by atomic mass is 16.2. The molecular weight excluding hydrogens is 156 g/mol. The van der Waals surface area contributed by atoms with E-state index < -0.39 is 0 Å². The topological polar surface area (TPSA) is 86.9 Å². The van der Waals surface area contributed by atoms with Crippen LogP contribution in [0.15, 0.2) is 12.3 Å². The molecule has 5 heteroatoms. The van der Waals surface area contributed by atoms with E-state index in [4.69, 9.17) is 11.5 Å². The van der Waals surface area contributed by atoms with Crippen LogP contribution in [0.1, 0.15) is 17.6 Å². The summed E-state index contributed by atoms with van der Waals surface area (Å²) in [4.78, 5) is 11.2. The molecule has 0 bridgehead atoms. The van der Waals surface area contributed by atoms with Gasteiger partial charge in [-0.25, -0.2) is 4.68 Å². The molecule has 0 saturated carbocycles. The van der Waals surface area contributed by atoms with E-state index in [0.29, 0.717) is 25.2 Å². The number of carbonyl (C=O) groups excluding carboxylic acids is 1. The first-order chi connectivity index (χ1) is 5.74. The zero-order valence-electron chi connectivity index (χ0n) is 6.73. The van der Waals surface area contributed by atoms with Gasteiger partial charge in [-0.3, -0.25) is 4.79 Å². The number of hydrogen-bond donors (Lipinski definition) is 2. The van der Waals surface area contributed by atoms with Crippen molar-refractivity contribution in [2.24, 2.45) is 5.73 Å². The van der Waals surface area contributed by atoms with Gasteiger partial charge in [-0.15, -0.1) is 5.10 Å². The quantitative estimate of drug-likeness (QED) is 0.656. The summed E-state index contributed by atoms with van der Waals surface area (Å²) in [5.74, 6) is 0.285. The van der Waals surface area contributed by atoms with Gasteiger partial charge in [0.25, 0.3) is 0 Å². The zero-order valence-corrected chi connectivity index (χ0v) is 6.73. The lowest BCUT2D eigenvalue weighted by Gasteiger charge is -1.97. The molecule has 66 valence electrons. The monoisotopic (exact) mass is 168 g/mol. The fraction of sp³-hybridized carbons (Fsp3) is 0.429. The van der Waals surface area contributed by atoms with Gasteiger partial charge in [-0.05, 0) is 13.0 Å². The summed E-state index contributed by atoms with van der Waals surface area (Å²) in [6.07, 6.45) is 2.64. The third-order valence-corrected chi connectivity index (χ3v) is 1.46. The molecule has 0 atom stereocenters. The first-order valence-electron chi connectivity index (χ1n) is 3.78. The smallest absolute Gasteiger partial charge is 0.246 e. The van der Waals surface area contributed by atoms with E-state index in [1.165, 1.54) is 4.68 Å². The predicted molar refractivity (Wildman–Crippen MR) is 45.6 cm³/mol. The maximum Gasteiger partial charge on any atom is 0.246 e. The fourth-order valence-electron chi connectivity index (χ4n) is 0.845.